The van der Waals surface area contributed by atoms with E-state index in [0.29, 0.717) is 10.6 Å². The number of halogens is 1. The van der Waals surface area contributed by atoms with Gasteiger partial charge in [0.1, 0.15) is 6.10 Å². The van der Waals surface area contributed by atoms with Crippen molar-refractivity contribution in [1.29, 1.82) is 0 Å². The molecule has 0 saturated heterocycles. The molecule has 3 aromatic carbocycles. The lowest BCUT2D eigenvalue weighted by atomic mass is 9.94. The fourth-order valence-corrected chi connectivity index (χ4v) is 3.49. The predicted octanol–water partition coefficient (Wildman–Crippen LogP) is 5.26. The minimum atomic E-state index is -0.535. The molecule has 0 bridgehead atoms. The van der Waals surface area contributed by atoms with Crippen molar-refractivity contribution >= 4 is 23.7 Å². The van der Waals surface area contributed by atoms with Gasteiger partial charge in [0.15, 0.2) is 0 Å². The van der Waals surface area contributed by atoms with Gasteiger partial charge in [0.25, 0.3) is 0 Å². The zero-order chi connectivity index (χ0) is 22.9. The molecule has 0 aromatic heterocycles. The number of carbonyl (C=O) groups excluding carboxylic acids is 2. The van der Waals surface area contributed by atoms with Gasteiger partial charge in [-0.1, -0.05) is 54.1 Å². The molecule has 0 aliphatic carbocycles. The summed E-state index contributed by atoms with van der Waals surface area (Å²) in [6.45, 7) is 0.474. The van der Waals surface area contributed by atoms with Gasteiger partial charge in [-0.05, 0) is 52.6 Å². The van der Waals surface area contributed by atoms with Gasteiger partial charge < -0.3 is 19.5 Å². The van der Waals surface area contributed by atoms with E-state index in [1.165, 1.54) is 14.2 Å². The van der Waals surface area contributed by atoms with Crippen molar-refractivity contribution in [2.24, 2.45) is 0 Å². The molecule has 3 rings (SSSR count). The summed E-state index contributed by atoms with van der Waals surface area (Å²) in [7, 11) is 2.65. The molecule has 32 heavy (non-hydrogen) atoms. The fourth-order valence-electron chi connectivity index (χ4n) is 3.29. The van der Waals surface area contributed by atoms with Crippen molar-refractivity contribution in [3.63, 3.8) is 0 Å². The van der Waals surface area contributed by atoms with Gasteiger partial charge in [-0.3, -0.25) is 0 Å². The highest BCUT2D eigenvalue weighted by Gasteiger charge is 2.19. The third kappa shape index (κ3) is 6.09. The third-order valence-corrected chi connectivity index (χ3v) is 5.01. The van der Waals surface area contributed by atoms with Crippen LogP contribution in [0.1, 0.15) is 27.6 Å². The summed E-state index contributed by atoms with van der Waals surface area (Å²) in [5.41, 5.74) is 3.79. The first-order valence-electron chi connectivity index (χ1n) is 9.99. The summed E-state index contributed by atoms with van der Waals surface area (Å²) >= 11 is 6.23. The summed E-state index contributed by atoms with van der Waals surface area (Å²) in [4.78, 5) is 23.7. The van der Waals surface area contributed by atoms with Crippen LogP contribution in [0.5, 0.6) is 0 Å². The van der Waals surface area contributed by atoms with Gasteiger partial charge in [-0.2, -0.15) is 0 Å². The number of carbonyl (C=O) groups is 2. The Kier molecular flexibility index (Phi) is 8.25. The largest absolute Gasteiger partial charge is 0.465 e. The normalized spacial score (nSPS) is 11.5. The van der Waals surface area contributed by atoms with Crippen molar-refractivity contribution in [3.8, 4) is 11.1 Å². The molecular formula is C25H24ClNO5. The van der Waals surface area contributed by atoms with Gasteiger partial charge >= 0.3 is 12.1 Å². The number of nitrogens with one attached hydrogen (secondary N) is 1. The van der Waals surface area contributed by atoms with Crippen LogP contribution in [-0.4, -0.2) is 39.4 Å². The second kappa shape index (κ2) is 11.3. The Labute approximate surface area is 192 Å². The van der Waals surface area contributed by atoms with Crippen LogP contribution in [0.3, 0.4) is 0 Å². The molecule has 0 spiro atoms. The second-order valence-electron chi connectivity index (χ2n) is 6.93. The first kappa shape index (κ1) is 23.3. The molecule has 0 saturated carbocycles. The molecule has 0 aliphatic heterocycles. The van der Waals surface area contributed by atoms with Crippen LogP contribution in [-0.2, 0) is 14.2 Å². The molecule has 1 amide bonds. The van der Waals surface area contributed by atoms with Gasteiger partial charge in [-0.15, -0.1) is 0 Å². The van der Waals surface area contributed by atoms with E-state index < -0.39 is 18.2 Å². The van der Waals surface area contributed by atoms with Gasteiger partial charge in [0.2, 0.25) is 0 Å². The summed E-state index contributed by atoms with van der Waals surface area (Å²) in [5.74, 6) is -0.443. The van der Waals surface area contributed by atoms with Gasteiger partial charge in [0, 0.05) is 11.6 Å². The average Bonchev–Trinajstić information content (AvgIpc) is 2.83. The number of methoxy groups -OCH3 is 2. The highest BCUT2D eigenvalue weighted by molar-refractivity contribution is 6.30. The number of benzene rings is 3. The van der Waals surface area contributed by atoms with Crippen LogP contribution in [0.15, 0.2) is 72.8 Å². The number of esters is 1. The zero-order valence-electron chi connectivity index (χ0n) is 17.8. The van der Waals surface area contributed by atoms with E-state index in [0.717, 1.165) is 22.3 Å². The van der Waals surface area contributed by atoms with Crippen LogP contribution < -0.4 is 5.32 Å². The lowest BCUT2D eigenvalue weighted by Gasteiger charge is -2.21. The smallest absolute Gasteiger partial charge is 0.406 e. The van der Waals surface area contributed by atoms with Crippen molar-refractivity contribution in [1.82, 2.24) is 5.32 Å². The first-order valence-corrected chi connectivity index (χ1v) is 10.4. The molecule has 1 unspecified atom stereocenters. The number of hydrogen-bond acceptors (Lipinski definition) is 5. The number of amides is 1. The molecule has 166 valence electrons. The molecule has 0 aliphatic rings. The van der Waals surface area contributed by atoms with Crippen LogP contribution in [0.4, 0.5) is 4.79 Å². The molecule has 6 nitrogen and oxygen atoms in total. The predicted molar refractivity (Wildman–Crippen MR) is 123 cm³/mol. The molecular weight excluding hydrogens is 430 g/mol. The first-order chi connectivity index (χ1) is 15.5. The maximum atomic E-state index is 12.4. The second-order valence-corrected chi connectivity index (χ2v) is 7.36. The number of alkyl carbamates (subject to hydrolysis) is 1. The highest BCUT2D eigenvalue weighted by atomic mass is 35.5. The molecule has 0 heterocycles. The lowest BCUT2D eigenvalue weighted by molar-refractivity contribution is 0.0599. The quantitative estimate of drug-likeness (QED) is 0.372. The number of rotatable bonds is 8. The molecule has 1 N–H and O–H groups in total. The van der Waals surface area contributed by atoms with E-state index in [-0.39, 0.29) is 13.2 Å². The standard InChI is InChI=1S/C25H24ClNO5/c1-30-24(28)21-14-19(17-7-4-3-5-8-17)13-20(15-21)23(18-9-6-10-22(26)16-18)32-12-11-27-25(29)31-2/h3-10,13-16,23H,11-12H2,1-2H3,(H,27,29). The molecule has 3 aromatic rings. The lowest BCUT2D eigenvalue weighted by Crippen LogP contribution is -2.27. The maximum Gasteiger partial charge on any atom is 0.406 e. The molecule has 0 fully saturated rings. The highest BCUT2D eigenvalue weighted by Crippen LogP contribution is 2.32. The van der Waals surface area contributed by atoms with Gasteiger partial charge in [-0.25, -0.2) is 9.59 Å². The molecule has 0 radical (unpaired) electrons. The van der Waals surface area contributed by atoms with Crippen molar-refractivity contribution < 1.29 is 23.8 Å². The fraction of sp³-hybridized carbons (Fsp3) is 0.200. The third-order valence-electron chi connectivity index (χ3n) is 4.78. The Morgan fingerprint density at radius 3 is 2.34 bits per heavy atom. The van der Waals surface area contributed by atoms with Crippen LogP contribution >= 0.6 is 11.6 Å². The van der Waals surface area contributed by atoms with E-state index in [9.17, 15) is 9.59 Å². The SMILES string of the molecule is COC(=O)NCCOC(c1cccc(Cl)c1)c1cc(C(=O)OC)cc(-c2ccccc2)c1. The Balaban J connectivity index is 2.01. The van der Waals surface area contributed by atoms with E-state index in [4.69, 9.17) is 21.1 Å². The molecule has 1 atom stereocenters. The topological polar surface area (TPSA) is 73.9 Å². The van der Waals surface area contributed by atoms with Gasteiger partial charge in [0.05, 0.1) is 26.4 Å². The van der Waals surface area contributed by atoms with E-state index in [1.54, 1.807) is 18.2 Å². The summed E-state index contributed by atoms with van der Waals surface area (Å²) < 4.78 is 15.7. The van der Waals surface area contributed by atoms with E-state index in [1.807, 2.05) is 54.6 Å². The Hall–Kier alpha value is -3.35. The van der Waals surface area contributed by atoms with Crippen LogP contribution in [0.2, 0.25) is 5.02 Å². The summed E-state index contributed by atoms with van der Waals surface area (Å²) in [6, 6.07) is 22.6. The van der Waals surface area contributed by atoms with Crippen LogP contribution in [0, 0.1) is 0 Å². The number of hydrogen-bond donors (Lipinski definition) is 1. The minimum Gasteiger partial charge on any atom is -0.465 e. The minimum absolute atomic E-state index is 0.218. The Morgan fingerprint density at radius 1 is 0.875 bits per heavy atom. The number of ether oxygens (including phenoxy) is 3. The summed E-state index contributed by atoms with van der Waals surface area (Å²) in [5, 5.41) is 3.16. The zero-order valence-corrected chi connectivity index (χ0v) is 18.6. The summed E-state index contributed by atoms with van der Waals surface area (Å²) in [6.07, 6.45) is -1.06. The van der Waals surface area contributed by atoms with Crippen molar-refractivity contribution in [2.45, 2.75) is 6.10 Å². The Morgan fingerprint density at radius 2 is 1.66 bits per heavy atom. The van der Waals surface area contributed by atoms with E-state index >= 15 is 0 Å². The van der Waals surface area contributed by atoms with Crippen molar-refractivity contribution in [2.75, 3.05) is 27.4 Å². The Bertz CT molecular complexity index is 1070. The monoisotopic (exact) mass is 453 g/mol. The molecule has 7 heteroatoms. The maximum absolute atomic E-state index is 12.4. The van der Waals surface area contributed by atoms with E-state index in [2.05, 4.69) is 10.1 Å². The van der Waals surface area contributed by atoms with Crippen LogP contribution in [0.25, 0.3) is 11.1 Å². The average molecular weight is 454 g/mol. The van der Waals surface area contributed by atoms with Crippen molar-refractivity contribution in [3.05, 3.63) is 94.5 Å².